The summed E-state index contributed by atoms with van der Waals surface area (Å²) < 4.78 is 34.2. The van der Waals surface area contributed by atoms with Gasteiger partial charge in [0.25, 0.3) is 10.1 Å². The van der Waals surface area contributed by atoms with Crippen LogP contribution >= 0.6 is 0 Å². The van der Waals surface area contributed by atoms with Crippen molar-refractivity contribution >= 4 is 16.1 Å². The van der Waals surface area contributed by atoms with Crippen LogP contribution < -0.4 is 0 Å². The maximum atomic E-state index is 11.3. The SMILES string of the molecule is C=CCCCCCCCCC(=O)OCCCS(=O)(=O)O. The van der Waals surface area contributed by atoms with Gasteiger partial charge in [0.15, 0.2) is 0 Å². The van der Waals surface area contributed by atoms with Crippen molar-refractivity contribution in [3.63, 3.8) is 0 Å². The zero-order valence-electron chi connectivity index (χ0n) is 12.1. The fourth-order valence-electron chi connectivity index (χ4n) is 1.76. The van der Waals surface area contributed by atoms with Gasteiger partial charge in [-0.05, 0) is 25.7 Å². The Morgan fingerprint density at radius 1 is 1.05 bits per heavy atom. The van der Waals surface area contributed by atoms with Crippen molar-refractivity contribution in [3.05, 3.63) is 12.7 Å². The van der Waals surface area contributed by atoms with E-state index in [-0.39, 0.29) is 24.7 Å². The summed E-state index contributed by atoms with van der Waals surface area (Å²) in [6.07, 6.45) is 9.99. The average Bonchev–Trinajstić information content (AvgIpc) is 2.37. The third kappa shape index (κ3) is 15.2. The van der Waals surface area contributed by atoms with E-state index in [1.807, 2.05) is 6.08 Å². The first-order valence-electron chi connectivity index (χ1n) is 7.17. The Labute approximate surface area is 122 Å². The number of allylic oxidation sites excluding steroid dienone is 1. The summed E-state index contributed by atoms with van der Waals surface area (Å²) in [7, 11) is -3.95. The number of hydrogen-bond donors (Lipinski definition) is 1. The van der Waals surface area contributed by atoms with Crippen LogP contribution in [0.2, 0.25) is 0 Å². The van der Waals surface area contributed by atoms with E-state index in [0.29, 0.717) is 6.42 Å². The van der Waals surface area contributed by atoms with Crippen LogP contribution in [0.5, 0.6) is 0 Å². The fraction of sp³-hybridized carbons (Fsp3) is 0.786. The Kier molecular flexibility index (Phi) is 11.4. The molecule has 0 aromatic carbocycles. The fourth-order valence-corrected chi connectivity index (χ4v) is 2.25. The Bertz CT molecular complexity index is 362. The molecule has 0 spiro atoms. The monoisotopic (exact) mass is 306 g/mol. The van der Waals surface area contributed by atoms with Gasteiger partial charge in [0.2, 0.25) is 0 Å². The zero-order chi connectivity index (χ0) is 15.3. The molecule has 0 aliphatic heterocycles. The van der Waals surface area contributed by atoms with Gasteiger partial charge in [-0.15, -0.1) is 6.58 Å². The molecule has 0 aliphatic rings. The second-order valence-corrected chi connectivity index (χ2v) is 6.38. The van der Waals surface area contributed by atoms with Crippen molar-refractivity contribution in [3.8, 4) is 0 Å². The van der Waals surface area contributed by atoms with Gasteiger partial charge >= 0.3 is 5.97 Å². The molecule has 0 aromatic heterocycles. The van der Waals surface area contributed by atoms with Crippen molar-refractivity contribution < 1.29 is 22.5 Å². The molecule has 20 heavy (non-hydrogen) atoms. The van der Waals surface area contributed by atoms with Crippen LogP contribution in [0, 0.1) is 0 Å². The topological polar surface area (TPSA) is 80.7 Å². The molecule has 0 saturated heterocycles. The molecule has 0 aliphatic carbocycles. The molecule has 6 heteroatoms. The Hall–Kier alpha value is -0.880. The quantitative estimate of drug-likeness (QED) is 0.245. The van der Waals surface area contributed by atoms with Crippen LogP contribution in [0.15, 0.2) is 12.7 Å². The molecule has 0 unspecified atom stereocenters. The summed E-state index contributed by atoms with van der Waals surface area (Å²) in [6.45, 7) is 3.71. The van der Waals surface area contributed by atoms with Crippen molar-refractivity contribution in [2.75, 3.05) is 12.4 Å². The number of esters is 1. The summed E-state index contributed by atoms with van der Waals surface area (Å²) in [5.74, 6) is -0.669. The number of hydrogen-bond acceptors (Lipinski definition) is 4. The van der Waals surface area contributed by atoms with Crippen molar-refractivity contribution in [2.45, 2.75) is 57.8 Å². The Morgan fingerprint density at radius 2 is 1.65 bits per heavy atom. The molecular weight excluding hydrogens is 280 g/mol. The van der Waals surface area contributed by atoms with E-state index in [4.69, 9.17) is 9.29 Å². The highest BCUT2D eigenvalue weighted by atomic mass is 32.2. The molecule has 5 nitrogen and oxygen atoms in total. The Balaban J connectivity index is 3.30. The van der Waals surface area contributed by atoms with Crippen molar-refractivity contribution in [1.82, 2.24) is 0 Å². The van der Waals surface area contributed by atoms with E-state index in [0.717, 1.165) is 25.7 Å². The van der Waals surface area contributed by atoms with Gasteiger partial charge in [-0.1, -0.05) is 31.8 Å². The lowest BCUT2D eigenvalue weighted by Gasteiger charge is -2.04. The van der Waals surface area contributed by atoms with Gasteiger partial charge in [-0.3, -0.25) is 9.35 Å². The van der Waals surface area contributed by atoms with Gasteiger partial charge in [0.05, 0.1) is 12.4 Å². The van der Waals surface area contributed by atoms with Crippen LogP contribution in [-0.4, -0.2) is 31.3 Å². The lowest BCUT2D eigenvalue weighted by atomic mass is 10.1. The van der Waals surface area contributed by atoms with E-state index < -0.39 is 10.1 Å². The second-order valence-electron chi connectivity index (χ2n) is 4.81. The van der Waals surface area contributed by atoms with Gasteiger partial charge in [-0.25, -0.2) is 0 Å². The minimum Gasteiger partial charge on any atom is -0.466 e. The number of carbonyl (C=O) groups excluding carboxylic acids is 1. The first-order chi connectivity index (χ1) is 9.45. The third-order valence-corrected chi connectivity index (χ3v) is 3.65. The molecule has 0 radical (unpaired) electrons. The number of carbonyl (C=O) groups is 1. The molecule has 0 heterocycles. The normalized spacial score (nSPS) is 11.2. The predicted molar refractivity (Wildman–Crippen MR) is 79.1 cm³/mol. The molecule has 0 fully saturated rings. The molecule has 0 bridgehead atoms. The predicted octanol–water partition coefficient (Wildman–Crippen LogP) is 3.11. The van der Waals surface area contributed by atoms with Crippen LogP contribution in [0.3, 0.4) is 0 Å². The molecule has 0 aromatic rings. The molecule has 0 saturated carbocycles. The molecule has 0 rings (SSSR count). The highest BCUT2D eigenvalue weighted by Gasteiger charge is 2.06. The van der Waals surface area contributed by atoms with Crippen molar-refractivity contribution in [2.24, 2.45) is 0 Å². The minimum absolute atomic E-state index is 0.0418. The van der Waals surface area contributed by atoms with E-state index >= 15 is 0 Å². The average molecular weight is 306 g/mol. The van der Waals surface area contributed by atoms with Crippen LogP contribution in [0.1, 0.15) is 57.8 Å². The van der Waals surface area contributed by atoms with E-state index in [1.165, 1.54) is 19.3 Å². The standard InChI is InChI=1S/C14H26O5S/c1-2-3-4-5-6-7-8-9-11-14(15)19-12-10-13-20(16,17)18/h2H,1,3-13H2,(H,16,17,18). The molecule has 118 valence electrons. The minimum atomic E-state index is -3.95. The second kappa shape index (κ2) is 11.9. The van der Waals surface area contributed by atoms with Crippen LogP contribution in [0.4, 0.5) is 0 Å². The van der Waals surface area contributed by atoms with Gasteiger partial charge in [-0.2, -0.15) is 8.42 Å². The van der Waals surface area contributed by atoms with Crippen LogP contribution in [-0.2, 0) is 19.6 Å². The third-order valence-electron chi connectivity index (χ3n) is 2.85. The van der Waals surface area contributed by atoms with Crippen molar-refractivity contribution in [1.29, 1.82) is 0 Å². The maximum Gasteiger partial charge on any atom is 0.305 e. The first kappa shape index (κ1) is 19.1. The molecule has 0 amide bonds. The summed E-state index contributed by atoms with van der Waals surface area (Å²) in [6, 6.07) is 0. The summed E-state index contributed by atoms with van der Waals surface area (Å²) in [4.78, 5) is 11.3. The number of rotatable bonds is 13. The number of ether oxygens (including phenoxy) is 1. The highest BCUT2D eigenvalue weighted by molar-refractivity contribution is 7.85. The van der Waals surface area contributed by atoms with Gasteiger partial charge in [0.1, 0.15) is 0 Å². The smallest absolute Gasteiger partial charge is 0.305 e. The molecular formula is C14H26O5S. The van der Waals surface area contributed by atoms with E-state index in [1.54, 1.807) is 0 Å². The van der Waals surface area contributed by atoms with Crippen LogP contribution in [0.25, 0.3) is 0 Å². The van der Waals surface area contributed by atoms with E-state index in [9.17, 15) is 13.2 Å². The lowest BCUT2D eigenvalue weighted by molar-refractivity contribution is -0.143. The zero-order valence-corrected chi connectivity index (χ0v) is 12.9. The molecule has 0 atom stereocenters. The number of unbranched alkanes of at least 4 members (excludes halogenated alkanes) is 6. The summed E-state index contributed by atoms with van der Waals surface area (Å²) >= 11 is 0. The lowest BCUT2D eigenvalue weighted by Crippen LogP contribution is -2.10. The maximum absolute atomic E-state index is 11.3. The van der Waals surface area contributed by atoms with E-state index in [2.05, 4.69) is 6.58 Å². The first-order valence-corrected chi connectivity index (χ1v) is 8.78. The molecule has 1 N–H and O–H groups in total. The van der Waals surface area contributed by atoms with Gasteiger partial charge in [0, 0.05) is 6.42 Å². The summed E-state index contributed by atoms with van der Waals surface area (Å²) in [5.41, 5.74) is 0. The Morgan fingerprint density at radius 3 is 2.25 bits per heavy atom. The largest absolute Gasteiger partial charge is 0.466 e. The highest BCUT2D eigenvalue weighted by Crippen LogP contribution is 2.09. The van der Waals surface area contributed by atoms with Gasteiger partial charge < -0.3 is 4.74 Å². The summed E-state index contributed by atoms with van der Waals surface area (Å²) in [5, 5.41) is 0.